The van der Waals surface area contributed by atoms with Gasteiger partial charge in [0.25, 0.3) is 5.91 Å². The number of ether oxygens (including phenoxy) is 1. The Hall–Kier alpha value is -2.43. The van der Waals surface area contributed by atoms with Crippen LogP contribution in [-0.4, -0.2) is 76.9 Å². The summed E-state index contributed by atoms with van der Waals surface area (Å²) in [4.78, 5) is 34.2. The molecule has 1 aromatic rings. The Balaban J connectivity index is 0.000000345. The molecule has 2 fully saturated rings. The first-order valence-electron chi connectivity index (χ1n) is 8.93. The lowest BCUT2D eigenvalue weighted by Crippen LogP contribution is -2.41. The first-order valence-corrected chi connectivity index (χ1v) is 8.93. The average molecular weight is 404 g/mol. The Morgan fingerprint density at radius 2 is 1.82 bits per heavy atom. The smallest absolute Gasteiger partial charge is 0.475 e. The maximum absolute atomic E-state index is 12.4. The molecule has 0 spiro atoms. The topological polar surface area (TPSA) is 95.9 Å². The first kappa shape index (κ1) is 21.9. The van der Waals surface area contributed by atoms with Crippen molar-refractivity contribution in [3.63, 3.8) is 0 Å². The van der Waals surface area contributed by atoms with Crippen molar-refractivity contribution < 1.29 is 32.6 Å². The zero-order valence-electron chi connectivity index (χ0n) is 15.5. The lowest BCUT2D eigenvalue weighted by Gasteiger charge is -2.25. The van der Waals surface area contributed by atoms with Gasteiger partial charge in [-0.2, -0.15) is 13.2 Å². The van der Waals surface area contributed by atoms with Crippen molar-refractivity contribution in [3.05, 3.63) is 18.1 Å². The number of hydrogen-bond donors (Lipinski definition) is 1. The predicted octanol–water partition coefficient (Wildman–Crippen LogP) is 1.64. The van der Waals surface area contributed by atoms with Gasteiger partial charge in [-0.15, -0.1) is 0 Å². The molecule has 2 aliphatic rings. The van der Waals surface area contributed by atoms with E-state index >= 15 is 0 Å². The van der Waals surface area contributed by atoms with E-state index in [0.29, 0.717) is 0 Å². The summed E-state index contributed by atoms with van der Waals surface area (Å²) in [5.41, 5.74) is 0.941. The van der Waals surface area contributed by atoms with Crippen LogP contribution in [-0.2, 0) is 14.3 Å². The molecule has 0 aliphatic carbocycles. The number of carbonyl (C=O) groups is 2. The molecule has 3 rings (SSSR count). The molecule has 11 heteroatoms. The minimum atomic E-state index is -5.08. The molecule has 0 radical (unpaired) electrons. The number of nitrogens with zero attached hydrogens (tertiary/aromatic N) is 4. The van der Waals surface area contributed by atoms with Gasteiger partial charge in [-0.1, -0.05) is 0 Å². The second-order valence-corrected chi connectivity index (χ2v) is 6.44. The van der Waals surface area contributed by atoms with Crippen molar-refractivity contribution in [2.45, 2.75) is 38.5 Å². The fourth-order valence-electron chi connectivity index (χ4n) is 3.04. The Labute approximate surface area is 160 Å². The molecule has 0 bridgehead atoms. The number of alkyl halides is 3. The van der Waals surface area contributed by atoms with Gasteiger partial charge < -0.3 is 19.6 Å². The fraction of sp³-hybridized carbons (Fsp3) is 0.647. The standard InChI is InChI=1S/C15H22N4O2.C2HF3O2/c1-12-14(17-6-5-16-12)18-7-3-8-19(10-9-18)15(20)13-4-2-11-21-13;3-2(4,5)1(6)7/h5-6,13H,2-4,7-11H2,1H3;(H,6,7). The highest BCUT2D eigenvalue weighted by atomic mass is 19.4. The maximum atomic E-state index is 12.4. The molecule has 1 aromatic heterocycles. The van der Waals surface area contributed by atoms with Gasteiger partial charge in [0, 0.05) is 45.2 Å². The monoisotopic (exact) mass is 404 g/mol. The van der Waals surface area contributed by atoms with Crippen molar-refractivity contribution in [3.8, 4) is 0 Å². The van der Waals surface area contributed by atoms with Crippen LogP contribution in [0.15, 0.2) is 12.4 Å². The number of aromatic nitrogens is 2. The van der Waals surface area contributed by atoms with Crippen LogP contribution < -0.4 is 4.90 Å². The van der Waals surface area contributed by atoms with Gasteiger partial charge in [-0.3, -0.25) is 9.78 Å². The van der Waals surface area contributed by atoms with Crippen LogP contribution in [0.25, 0.3) is 0 Å². The minimum Gasteiger partial charge on any atom is -0.475 e. The minimum absolute atomic E-state index is 0.158. The van der Waals surface area contributed by atoms with Crippen molar-refractivity contribution in [1.82, 2.24) is 14.9 Å². The molecule has 28 heavy (non-hydrogen) atoms. The summed E-state index contributed by atoms with van der Waals surface area (Å²) < 4.78 is 37.2. The normalized spacial score (nSPS) is 20.2. The molecule has 2 saturated heterocycles. The molecule has 1 amide bonds. The van der Waals surface area contributed by atoms with Crippen molar-refractivity contribution >= 4 is 17.7 Å². The van der Waals surface area contributed by atoms with Gasteiger partial charge >= 0.3 is 12.1 Å². The second-order valence-electron chi connectivity index (χ2n) is 6.44. The predicted molar refractivity (Wildman–Crippen MR) is 92.8 cm³/mol. The molecule has 1 unspecified atom stereocenters. The van der Waals surface area contributed by atoms with Gasteiger partial charge in [0.05, 0.1) is 5.69 Å². The zero-order valence-corrected chi connectivity index (χ0v) is 15.5. The highest BCUT2D eigenvalue weighted by Gasteiger charge is 2.38. The van der Waals surface area contributed by atoms with E-state index in [9.17, 15) is 18.0 Å². The van der Waals surface area contributed by atoms with Crippen molar-refractivity contribution in [1.29, 1.82) is 0 Å². The molecule has 1 atom stereocenters. The van der Waals surface area contributed by atoms with E-state index in [-0.39, 0.29) is 12.0 Å². The number of aliphatic carboxylic acids is 1. The summed E-state index contributed by atoms with van der Waals surface area (Å²) in [5.74, 6) is -1.67. The molecular formula is C17H23F3N4O4. The Morgan fingerprint density at radius 3 is 2.39 bits per heavy atom. The summed E-state index contributed by atoms with van der Waals surface area (Å²) >= 11 is 0. The summed E-state index contributed by atoms with van der Waals surface area (Å²) in [7, 11) is 0. The largest absolute Gasteiger partial charge is 0.490 e. The van der Waals surface area contributed by atoms with Gasteiger partial charge in [-0.05, 0) is 26.2 Å². The van der Waals surface area contributed by atoms with Crippen LogP contribution in [0.2, 0.25) is 0 Å². The van der Waals surface area contributed by atoms with Crippen LogP contribution in [0, 0.1) is 6.92 Å². The van der Waals surface area contributed by atoms with Crippen LogP contribution in [0.1, 0.15) is 25.0 Å². The quantitative estimate of drug-likeness (QED) is 0.801. The molecule has 1 N–H and O–H groups in total. The zero-order chi connectivity index (χ0) is 20.7. The van der Waals surface area contributed by atoms with E-state index in [4.69, 9.17) is 14.6 Å². The SMILES string of the molecule is Cc1nccnc1N1CCCN(C(=O)C2CCCO2)CC1.O=C(O)C(F)(F)F. The Bertz CT molecular complexity index is 681. The van der Waals surface area contributed by atoms with E-state index in [1.807, 2.05) is 11.8 Å². The number of carboxylic acids is 1. The molecule has 0 aromatic carbocycles. The van der Waals surface area contributed by atoms with E-state index < -0.39 is 12.1 Å². The van der Waals surface area contributed by atoms with Gasteiger partial charge in [0.1, 0.15) is 11.9 Å². The first-order chi connectivity index (χ1) is 13.2. The number of halogens is 3. The number of rotatable bonds is 2. The van der Waals surface area contributed by atoms with Crippen molar-refractivity contribution in [2.75, 3.05) is 37.7 Å². The number of carboxylic acid groups (broad SMARTS) is 1. The Morgan fingerprint density at radius 1 is 1.14 bits per heavy atom. The molecular weight excluding hydrogens is 381 g/mol. The highest BCUT2D eigenvalue weighted by Crippen LogP contribution is 2.19. The van der Waals surface area contributed by atoms with Crippen LogP contribution in [0.5, 0.6) is 0 Å². The number of carbonyl (C=O) groups excluding carboxylic acids is 1. The van der Waals surface area contributed by atoms with Crippen LogP contribution >= 0.6 is 0 Å². The van der Waals surface area contributed by atoms with E-state index in [0.717, 1.165) is 63.6 Å². The summed E-state index contributed by atoms with van der Waals surface area (Å²) in [6, 6.07) is 0. The molecule has 156 valence electrons. The van der Waals surface area contributed by atoms with E-state index in [1.54, 1.807) is 12.4 Å². The van der Waals surface area contributed by atoms with Gasteiger partial charge in [0.15, 0.2) is 0 Å². The summed E-state index contributed by atoms with van der Waals surface area (Å²) in [6.45, 7) is 5.94. The molecule has 2 aliphatic heterocycles. The highest BCUT2D eigenvalue weighted by molar-refractivity contribution is 5.81. The second kappa shape index (κ2) is 9.67. The maximum Gasteiger partial charge on any atom is 0.490 e. The number of amides is 1. The average Bonchev–Trinajstić information content (AvgIpc) is 3.06. The fourth-order valence-corrected chi connectivity index (χ4v) is 3.04. The summed E-state index contributed by atoms with van der Waals surface area (Å²) in [5, 5.41) is 7.12. The van der Waals surface area contributed by atoms with Gasteiger partial charge in [0.2, 0.25) is 0 Å². The number of hydrogen-bond acceptors (Lipinski definition) is 6. The molecule has 0 saturated carbocycles. The molecule has 8 nitrogen and oxygen atoms in total. The number of anilines is 1. The third-order valence-electron chi connectivity index (χ3n) is 4.41. The Kier molecular flexibility index (Phi) is 7.55. The van der Waals surface area contributed by atoms with Crippen LogP contribution in [0.4, 0.5) is 19.0 Å². The third kappa shape index (κ3) is 6.04. The lowest BCUT2D eigenvalue weighted by atomic mass is 10.2. The molecule has 3 heterocycles. The summed E-state index contributed by atoms with van der Waals surface area (Å²) in [6.07, 6.45) is 0.952. The number of aryl methyl sites for hydroxylation is 1. The van der Waals surface area contributed by atoms with Crippen molar-refractivity contribution in [2.24, 2.45) is 0 Å². The van der Waals surface area contributed by atoms with E-state index in [1.165, 1.54) is 0 Å². The van der Waals surface area contributed by atoms with E-state index in [2.05, 4.69) is 14.9 Å². The van der Waals surface area contributed by atoms with Crippen LogP contribution in [0.3, 0.4) is 0 Å². The van der Waals surface area contributed by atoms with Gasteiger partial charge in [-0.25, -0.2) is 9.78 Å². The third-order valence-corrected chi connectivity index (χ3v) is 4.41. The lowest BCUT2D eigenvalue weighted by molar-refractivity contribution is -0.192.